The highest BCUT2D eigenvalue weighted by Crippen LogP contribution is 2.28. The van der Waals surface area contributed by atoms with E-state index in [9.17, 15) is 72.9 Å². The van der Waals surface area contributed by atoms with Crippen molar-refractivity contribution in [3.8, 4) is 5.75 Å². The van der Waals surface area contributed by atoms with Gasteiger partial charge in [-0.2, -0.15) is 23.5 Å². The van der Waals surface area contributed by atoms with Gasteiger partial charge in [0.05, 0.1) is 6.04 Å². The minimum Gasteiger partial charge on any atom is -0.508 e. The fraction of sp³-hybridized carbons (Fsp3) is 0.607. The van der Waals surface area contributed by atoms with E-state index in [1.165, 1.54) is 62.5 Å². The highest BCUT2D eigenvalue weighted by molar-refractivity contribution is 7.98. The number of aromatic hydroxyl groups is 1. The average molecular weight is 1290 g/mol. The van der Waals surface area contributed by atoms with Crippen LogP contribution >= 0.6 is 23.5 Å². The minimum absolute atomic E-state index is 0.00381. The van der Waals surface area contributed by atoms with Crippen LogP contribution in [0.2, 0.25) is 0 Å². The summed E-state index contributed by atoms with van der Waals surface area (Å²) in [5, 5.41) is 46.3. The fourth-order valence-electron chi connectivity index (χ4n) is 11.4. The van der Waals surface area contributed by atoms with Crippen LogP contribution in [0.15, 0.2) is 48.5 Å². The van der Waals surface area contributed by atoms with Crippen molar-refractivity contribution in [3.63, 3.8) is 0 Å². The van der Waals surface area contributed by atoms with E-state index in [-0.39, 0.29) is 86.1 Å². The Morgan fingerprint density at radius 2 is 1.33 bits per heavy atom. The molecule has 10 amide bonds. The number of nitrogens with one attached hydrogen (secondary N) is 6. The number of carbonyl (C=O) groups is 12. The number of benzene rings is 2. The molecule has 2 aromatic carbocycles. The molecule has 2 aromatic rings. The molecule has 4 unspecified atom stereocenters. The Labute approximate surface area is 532 Å². The predicted molar refractivity (Wildman–Crippen MR) is 334 cm³/mol. The lowest BCUT2D eigenvalue weighted by Crippen LogP contribution is -2.62. The van der Waals surface area contributed by atoms with E-state index in [0.717, 1.165) is 11.1 Å². The van der Waals surface area contributed by atoms with Crippen molar-refractivity contribution in [2.24, 2.45) is 29.0 Å². The second-order valence-corrected chi connectivity index (χ2v) is 25.8. The first-order valence-corrected chi connectivity index (χ1v) is 33.1. The van der Waals surface area contributed by atoms with Crippen LogP contribution in [0.4, 0.5) is 0 Å². The van der Waals surface area contributed by atoms with Gasteiger partial charge in [0.15, 0.2) is 0 Å². The molecule has 0 spiro atoms. The van der Waals surface area contributed by atoms with Gasteiger partial charge in [-0.1, -0.05) is 63.6 Å². The maximum absolute atomic E-state index is 15.0. The monoisotopic (exact) mass is 1290 g/mol. The summed E-state index contributed by atoms with van der Waals surface area (Å²) in [6.07, 6.45) is 0.990. The summed E-state index contributed by atoms with van der Waals surface area (Å²) in [5.74, 6) is -10.3. The molecule has 12 atom stereocenters. The highest BCUT2D eigenvalue weighted by Gasteiger charge is 2.45. The molecule has 5 heterocycles. The first kappa shape index (κ1) is 71.6. The van der Waals surface area contributed by atoms with Gasteiger partial charge in [0.2, 0.25) is 59.1 Å². The number of carboxylic acids is 2. The van der Waals surface area contributed by atoms with Gasteiger partial charge in [0.1, 0.15) is 60.1 Å². The van der Waals surface area contributed by atoms with E-state index in [0.29, 0.717) is 56.4 Å². The number of nitrogens with zero attached hydrogens (tertiary/aromatic N) is 3. The molecule has 494 valence electrons. The number of nitrogens with two attached hydrogens (primary N) is 3. The van der Waals surface area contributed by atoms with Crippen molar-refractivity contribution in [2.75, 3.05) is 37.7 Å². The van der Waals surface area contributed by atoms with Gasteiger partial charge in [-0.05, 0) is 111 Å². The van der Waals surface area contributed by atoms with Gasteiger partial charge in [-0.25, -0.2) is 4.79 Å². The van der Waals surface area contributed by atoms with Crippen LogP contribution in [-0.4, -0.2) is 199 Å². The first-order valence-electron chi connectivity index (χ1n) is 30.8. The van der Waals surface area contributed by atoms with Crippen LogP contribution in [0.25, 0.3) is 0 Å². The number of hydrogen-bond acceptors (Lipinski definition) is 17. The van der Waals surface area contributed by atoms with E-state index in [2.05, 4.69) is 31.9 Å². The summed E-state index contributed by atoms with van der Waals surface area (Å²) in [6.45, 7) is 6.47. The molecular weight excluding hydrogens is 1200 g/mol. The van der Waals surface area contributed by atoms with Crippen molar-refractivity contribution in [3.05, 3.63) is 65.2 Å². The Kier molecular flexibility index (Phi) is 27.5. The molecule has 0 aromatic heterocycles. The molecular formula is C61H88N12O15S2. The Balaban J connectivity index is 1.29. The minimum atomic E-state index is -1.71. The number of aliphatic carboxylic acids is 2. The molecule has 3 saturated heterocycles. The van der Waals surface area contributed by atoms with Crippen LogP contribution in [0, 0.1) is 11.8 Å². The zero-order valence-corrected chi connectivity index (χ0v) is 52.9. The third-order valence-corrected chi connectivity index (χ3v) is 19.0. The topological polar surface area (TPSA) is 425 Å². The third-order valence-electron chi connectivity index (χ3n) is 16.8. The zero-order valence-electron chi connectivity index (χ0n) is 51.2. The largest absolute Gasteiger partial charge is 0.508 e. The van der Waals surface area contributed by atoms with Crippen LogP contribution < -0.4 is 49.1 Å². The van der Waals surface area contributed by atoms with Gasteiger partial charge >= 0.3 is 11.9 Å². The number of likely N-dealkylation sites (tertiary alicyclic amines) is 2. The summed E-state index contributed by atoms with van der Waals surface area (Å²) in [5.41, 5.74) is 19.7. The number of piperidine rings is 1. The molecule has 7 rings (SSSR count). The lowest BCUT2D eigenvalue weighted by Gasteiger charge is -2.39. The lowest BCUT2D eigenvalue weighted by molar-refractivity contribution is -0.153. The number of phenols is 1. The second-order valence-electron chi connectivity index (χ2n) is 23.8. The molecule has 4 bridgehead atoms. The molecule has 3 fully saturated rings. The summed E-state index contributed by atoms with van der Waals surface area (Å²) < 4.78 is 0. The lowest BCUT2D eigenvalue weighted by atomic mass is 9.93. The molecule has 5 aliphatic heterocycles. The van der Waals surface area contributed by atoms with Crippen molar-refractivity contribution in [1.82, 2.24) is 46.6 Å². The number of unbranched alkanes of at least 4 members (excludes halogenated alkanes) is 1. The van der Waals surface area contributed by atoms with E-state index < -0.39 is 151 Å². The van der Waals surface area contributed by atoms with Crippen LogP contribution in [0.5, 0.6) is 5.75 Å². The fourth-order valence-corrected chi connectivity index (χ4v) is 13.5. The van der Waals surface area contributed by atoms with E-state index >= 15 is 0 Å². The Morgan fingerprint density at radius 3 is 1.94 bits per heavy atom. The van der Waals surface area contributed by atoms with Gasteiger partial charge in [0, 0.05) is 61.9 Å². The number of thioether (sulfide) groups is 2. The van der Waals surface area contributed by atoms with Gasteiger partial charge in [-0.15, -0.1) is 0 Å². The van der Waals surface area contributed by atoms with Gasteiger partial charge in [-0.3, -0.25) is 52.7 Å². The van der Waals surface area contributed by atoms with E-state index in [1.807, 2.05) is 38.1 Å². The van der Waals surface area contributed by atoms with Crippen LogP contribution in [0.1, 0.15) is 121 Å². The van der Waals surface area contributed by atoms with E-state index in [1.54, 1.807) is 6.92 Å². The Hall–Kier alpha value is -7.50. The van der Waals surface area contributed by atoms with Crippen molar-refractivity contribution >= 4 is 94.5 Å². The standard InChI is InChI=1S/C61H88N12O15S2/c1-4-35(3)51(64)60(86)72-26-8-11-47(72)59(85)71-25-7-10-46(71)57(83)67-40(9-5-6-24-62)52(78)68-43(28-36-16-18-39(74)19-17-36)55(81)70-45-32-89-30-37-12-14-38(15-13-37)31-90-33-48(61(87)88)73-29-34(2)27-44(58(73)84)69-54(80)41(20-22-49(63)75)65-53(79)42(66-56(45)82)21-23-50(76)77/h12-19,34-35,40-48,51,74H,4-11,20-33,62,64H2,1-3H3,(H2,63,75)(H,65,79)(H,66,82)(H,67,83)(H,68,78)(H,69,80)(H,70,81)(H,76,77)(H,87,88)/t34?,35-,40-,41-,42-,43-,44?,45?,46-,47-,48-,51?/m0/s1. The maximum atomic E-state index is 15.0. The molecule has 29 heteroatoms. The maximum Gasteiger partial charge on any atom is 0.327 e. The quantitative estimate of drug-likeness (QED) is 0.0513. The Morgan fingerprint density at radius 1 is 0.733 bits per heavy atom. The summed E-state index contributed by atoms with van der Waals surface area (Å²) in [4.78, 5) is 170. The number of hydrogen-bond donors (Lipinski definition) is 12. The highest BCUT2D eigenvalue weighted by atomic mass is 32.2. The number of phenolic OH excluding ortho intramolecular Hbond substituents is 1. The number of carboxylic acid groups (broad SMARTS) is 2. The molecule has 90 heavy (non-hydrogen) atoms. The summed E-state index contributed by atoms with van der Waals surface area (Å²) in [6, 6.07) is 0.333. The van der Waals surface area contributed by atoms with Crippen molar-refractivity contribution in [1.29, 1.82) is 0 Å². The molecule has 0 aliphatic carbocycles. The predicted octanol–water partition coefficient (Wildman–Crippen LogP) is -0.0400. The normalized spacial score (nSPS) is 24.3. The van der Waals surface area contributed by atoms with Crippen molar-refractivity contribution in [2.45, 2.75) is 183 Å². The van der Waals surface area contributed by atoms with Crippen LogP contribution in [0.3, 0.4) is 0 Å². The van der Waals surface area contributed by atoms with Crippen LogP contribution in [-0.2, 0) is 75.5 Å². The molecule has 0 saturated carbocycles. The number of fused-ring (bicyclic) bond motifs is 16. The smallest absolute Gasteiger partial charge is 0.327 e. The summed E-state index contributed by atoms with van der Waals surface area (Å²) in [7, 11) is 0. The van der Waals surface area contributed by atoms with Crippen molar-refractivity contribution < 1.29 is 72.9 Å². The molecule has 27 nitrogen and oxygen atoms in total. The zero-order chi connectivity index (χ0) is 65.8. The number of primary amides is 1. The van der Waals surface area contributed by atoms with Gasteiger partial charge < -0.3 is 79.1 Å². The average Bonchev–Trinajstić information content (AvgIpc) is 1.80. The first-order chi connectivity index (χ1) is 42.9. The number of amides is 10. The number of carbonyl (C=O) groups excluding carboxylic acids is 10. The summed E-state index contributed by atoms with van der Waals surface area (Å²) >= 11 is 2.48. The second kappa shape index (κ2) is 34.6. The Bertz CT molecular complexity index is 2890. The third kappa shape index (κ3) is 20.5. The SMILES string of the molecule is CC[C@H](C)C(N)C(=O)N1CCC[C@H]1C(=O)N1CCC[C@H]1C(=O)N[C@@H](CCCCN)C(=O)N[C@@H](Cc1ccc(O)cc1)C(=O)NC1CSCc2ccc(cc2)CSC[C@@H](C(=O)O)N2CC(C)CC(NC(=O)[C@H](CCC(N)=O)NC(=O)[C@H](CCC(=O)O)NC1=O)C2=O. The molecule has 5 aliphatic rings. The number of rotatable bonds is 23. The van der Waals surface area contributed by atoms with E-state index in [4.69, 9.17) is 17.2 Å². The van der Waals surface area contributed by atoms with Gasteiger partial charge in [0.25, 0.3) is 0 Å². The molecule has 0 radical (unpaired) electrons. The molecule has 15 N–H and O–H groups in total.